The fraction of sp³-hybridized carbons (Fsp3) is 0.206. The second kappa shape index (κ2) is 11.9. The second-order valence-electron chi connectivity index (χ2n) is 11.1. The van der Waals surface area contributed by atoms with E-state index in [2.05, 4.69) is 25.9 Å². The van der Waals surface area contributed by atoms with Crippen LogP contribution in [0.1, 0.15) is 23.6 Å². The molecule has 0 spiro atoms. The van der Waals surface area contributed by atoms with Gasteiger partial charge in [-0.25, -0.2) is 17.7 Å². The van der Waals surface area contributed by atoms with E-state index in [-0.39, 0.29) is 39.3 Å². The molecule has 1 atom stereocenters. The lowest BCUT2D eigenvalue weighted by molar-refractivity contribution is -0.127. The summed E-state index contributed by atoms with van der Waals surface area (Å²) in [6, 6.07) is 22.2. The number of anilines is 2. The van der Waals surface area contributed by atoms with E-state index in [9.17, 15) is 13.7 Å². The summed E-state index contributed by atoms with van der Waals surface area (Å²) < 4.78 is 36.4. The topological polar surface area (TPSA) is 133 Å². The number of hydrogen-bond acceptors (Lipinski definition) is 10. The number of para-hydroxylation sites is 1. The Morgan fingerprint density at radius 3 is 2.47 bits per heavy atom. The van der Waals surface area contributed by atoms with Crippen molar-refractivity contribution < 1.29 is 17.9 Å². The zero-order valence-corrected chi connectivity index (χ0v) is 26.8. The number of amides is 1. The van der Waals surface area contributed by atoms with Gasteiger partial charge in [-0.1, -0.05) is 29.8 Å². The molecule has 0 radical (unpaired) electrons. The summed E-state index contributed by atoms with van der Waals surface area (Å²) in [5.41, 5.74) is 0.550. The number of ether oxygens (including phenoxy) is 1. The van der Waals surface area contributed by atoms with E-state index in [1.165, 1.54) is 24.4 Å². The van der Waals surface area contributed by atoms with Crippen LogP contribution >= 0.6 is 11.6 Å². The number of piperazine rings is 1. The van der Waals surface area contributed by atoms with E-state index in [0.29, 0.717) is 42.7 Å². The van der Waals surface area contributed by atoms with Crippen molar-refractivity contribution in [1.82, 2.24) is 19.9 Å². The van der Waals surface area contributed by atoms with Gasteiger partial charge in [0.05, 0.1) is 29.4 Å². The van der Waals surface area contributed by atoms with Crippen molar-refractivity contribution >= 4 is 49.8 Å². The van der Waals surface area contributed by atoms with Crippen molar-refractivity contribution in [2.75, 3.05) is 42.0 Å². The smallest absolute Gasteiger partial charge is 0.273 e. The third-order valence-corrected chi connectivity index (χ3v) is 10.6. The second-order valence-corrected chi connectivity index (χ2v) is 13.2. The summed E-state index contributed by atoms with van der Waals surface area (Å²) in [6.45, 7) is 3.78. The number of sulfonamides is 1. The normalized spacial score (nSPS) is 18.3. The number of carbonyl (C=O) groups is 1. The molecule has 1 saturated heterocycles. The lowest BCUT2D eigenvalue weighted by Gasteiger charge is -2.45. The molecular weight excluding hydrogens is 638 g/mol. The third-order valence-electron chi connectivity index (χ3n) is 8.62. The first-order valence-electron chi connectivity index (χ1n) is 15.0. The summed E-state index contributed by atoms with van der Waals surface area (Å²) in [6.07, 6.45) is 4.96. The molecule has 0 saturated carbocycles. The molecule has 3 aromatic heterocycles. The van der Waals surface area contributed by atoms with Gasteiger partial charge < -0.3 is 9.64 Å². The molecule has 7 rings (SSSR count). The van der Waals surface area contributed by atoms with E-state index in [4.69, 9.17) is 16.3 Å². The van der Waals surface area contributed by atoms with Gasteiger partial charge in [-0.15, -0.1) is 0 Å². The number of carbonyl (C=O) groups excluding carboxylic acids is 1. The van der Waals surface area contributed by atoms with E-state index in [1.54, 1.807) is 61.8 Å². The van der Waals surface area contributed by atoms with Gasteiger partial charge in [-0.2, -0.15) is 5.26 Å². The van der Waals surface area contributed by atoms with Crippen LogP contribution in [0.4, 0.5) is 11.4 Å². The highest BCUT2D eigenvalue weighted by atomic mass is 35.5. The number of fused-ring (bicyclic) bond motifs is 2. The Morgan fingerprint density at radius 2 is 1.72 bits per heavy atom. The van der Waals surface area contributed by atoms with E-state index >= 15 is 4.79 Å². The van der Waals surface area contributed by atoms with Crippen molar-refractivity contribution in [2.45, 2.75) is 17.4 Å². The SMILES string of the molecule is CCOc1nc(Cl)ccc1C1(N2CCN(c3ccncc3)CC2)C(=O)N(S(=O)(=O)c2cccc3cccnc23)c2ccc(C#N)cc21. The number of hydrogen-bond donors (Lipinski definition) is 0. The quantitative estimate of drug-likeness (QED) is 0.224. The zero-order chi connectivity index (χ0) is 32.8. The Labute approximate surface area is 276 Å². The third kappa shape index (κ3) is 4.86. The monoisotopic (exact) mass is 665 g/mol. The molecule has 5 aromatic rings. The maximum Gasteiger partial charge on any atom is 0.273 e. The summed E-state index contributed by atoms with van der Waals surface area (Å²) in [5, 5.41) is 10.8. The van der Waals surface area contributed by atoms with Crippen molar-refractivity contribution in [3.05, 3.63) is 113 Å². The fourth-order valence-electron chi connectivity index (χ4n) is 6.60. The summed E-state index contributed by atoms with van der Waals surface area (Å²) in [4.78, 5) is 32.4. The Bertz CT molecular complexity index is 2160. The molecular formula is C34H28ClN7O4S. The van der Waals surface area contributed by atoms with E-state index in [0.717, 1.165) is 9.99 Å². The molecule has 5 heterocycles. The molecule has 47 heavy (non-hydrogen) atoms. The van der Waals surface area contributed by atoms with Crippen LogP contribution in [0, 0.1) is 11.3 Å². The highest BCUT2D eigenvalue weighted by Crippen LogP contribution is 2.53. The molecule has 1 unspecified atom stereocenters. The van der Waals surface area contributed by atoms with Crippen molar-refractivity contribution in [2.24, 2.45) is 0 Å². The van der Waals surface area contributed by atoms with Crippen LogP contribution in [0.3, 0.4) is 0 Å². The van der Waals surface area contributed by atoms with Gasteiger partial charge in [0.25, 0.3) is 15.9 Å². The summed E-state index contributed by atoms with van der Waals surface area (Å²) in [7, 11) is -4.55. The van der Waals surface area contributed by atoms with Crippen molar-refractivity contribution in [1.29, 1.82) is 5.26 Å². The minimum Gasteiger partial charge on any atom is -0.478 e. The Balaban J connectivity index is 1.47. The minimum absolute atomic E-state index is 0.101. The molecule has 1 amide bonds. The zero-order valence-electron chi connectivity index (χ0n) is 25.2. The predicted molar refractivity (Wildman–Crippen MR) is 177 cm³/mol. The largest absolute Gasteiger partial charge is 0.478 e. The van der Waals surface area contributed by atoms with Crippen LogP contribution in [-0.4, -0.2) is 67.0 Å². The van der Waals surface area contributed by atoms with Crippen molar-refractivity contribution in [3.8, 4) is 11.9 Å². The van der Waals surface area contributed by atoms with Gasteiger partial charge in [0.15, 0.2) is 5.54 Å². The molecule has 0 N–H and O–H groups in total. The van der Waals surface area contributed by atoms with Crippen LogP contribution < -0.4 is 13.9 Å². The highest BCUT2D eigenvalue weighted by molar-refractivity contribution is 7.93. The molecule has 2 aromatic carbocycles. The Kier molecular flexibility index (Phi) is 7.76. The number of nitrogens with zero attached hydrogens (tertiary/aromatic N) is 7. The van der Waals surface area contributed by atoms with Gasteiger partial charge in [0.2, 0.25) is 5.88 Å². The van der Waals surface area contributed by atoms with Crippen LogP contribution in [0.15, 0.2) is 96.3 Å². The van der Waals surface area contributed by atoms with E-state index < -0.39 is 21.5 Å². The van der Waals surface area contributed by atoms with E-state index in [1.807, 2.05) is 17.0 Å². The Morgan fingerprint density at radius 1 is 0.957 bits per heavy atom. The summed E-state index contributed by atoms with van der Waals surface area (Å²) in [5.74, 6) is -0.637. The lowest BCUT2D eigenvalue weighted by atomic mass is 9.81. The number of aromatic nitrogens is 3. The number of nitriles is 1. The van der Waals surface area contributed by atoms with Gasteiger partial charge >= 0.3 is 0 Å². The Hall–Kier alpha value is -5.09. The first-order chi connectivity index (χ1) is 22.8. The molecule has 1 fully saturated rings. The van der Waals surface area contributed by atoms with Gasteiger partial charge in [0.1, 0.15) is 10.0 Å². The molecule has 0 bridgehead atoms. The fourth-order valence-corrected chi connectivity index (χ4v) is 8.37. The molecule has 236 valence electrons. The number of halogens is 1. The average molecular weight is 666 g/mol. The van der Waals surface area contributed by atoms with Gasteiger partial charge in [-0.3, -0.25) is 19.7 Å². The molecule has 11 nitrogen and oxygen atoms in total. The first-order valence-corrected chi connectivity index (χ1v) is 16.8. The van der Waals surface area contributed by atoms with Crippen LogP contribution in [0.5, 0.6) is 5.88 Å². The predicted octanol–water partition coefficient (Wildman–Crippen LogP) is 4.75. The maximum absolute atomic E-state index is 15.4. The number of rotatable bonds is 7. The van der Waals surface area contributed by atoms with Crippen LogP contribution in [0.2, 0.25) is 5.15 Å². The molecule has 13 heteroatoms. The molecule has 2 aliphatic rings. The maximum atomic E-state index is 15.4. The average Bonchev–Trinajstić information content (AvgIpc) is 3.37. The van der Waals surface area contributed by atoms with Gasteiger partial charge in [-0.05, 0) is 61.5 Å². The number of pyridine rings is 3. The molecule has 0 aliphatic carbocycles. The number of benzene rings is 2. The molecule has 2 aliphatic heterocycles. The highest BCUT2D eigenvalue weighted by Gasteiger charge is 2.61. The van der Waals surface area contributed by atoms with Gasteiger partial charge in [0, 0.05) is 67.0 Å². The lowest BCUT2D eigenvalue weighted by Crippen LogP contribution is -2.60. The first kappa shape index (κ1) is 30.6. The van der Waals surface area contributed by atoms with Crippen LogP contribution in [0.25, 0.3) is 10.9 Å². The van der Waals surface area contributed by atoms with Crippen LogP contribution in [-0.2, 0) is 20.4 Å². The van der Waals surface area contributed by atoms with Crippen molar-refractivity contribution in [3.63, 3.8) is 0 Å². The summed E-state index contributed by atoms with van der Waals surface area (Å²) >= 11 is 6.34. The minimum atomic E-state index is -4.55. The standard InChI is InChI=1S/C34H28ClN7O4S/c1-2-46-32-26(9-11-30(35)39-32)34(41-19-17-40(18-20-41)25-12-15-37-16-13-25)27-21-23(22-36)8-10-28(27)42(33(34)43)47(44,45)29-7-3-5-24-6-4-14-38-31(24)29/h3-16,21H,2,17-20H2,1H3.